The van der Waals surface area contributed by atoms with Crippen molar-refractivity contribution in [2.45, 2.75) is 90.0 Å². The van der Waals surface area contributed by atoms with E-state index in [9.17, 15) is 19.5 Å². The molecule has 2 saturated carbocycles. The van der Waals surface area contributed by atoms with Gasteiger partial charge >= 0.3 is 5.97 Å². The molecule has 3 atom stereocenters. The largest absolute Gasteiger partial charge is 0.481 e. The fourth-order valence-corrected chi connectivity index (χ4v) is 6.94. The standard InChI is InChI=1S/C24H34N2O4S/c1-14-11-12-18-19(13-14)31-23(20(18)22(28)25-15-7-3-2-4-8-15)26-21(27)16-9-5-6-10-17(16)24(29)30/h14-17H,2-13H2,1H3,(H,25,28)(H,26,27)(H,29,30)/t14-,16+,17-/m0/s1. The van der Waals surface area contributed by atoms with Gasteiger partial charge in [0.25, 0.3) is 5.91 Å². The number of hydrogen-bond acceptors (Lipinski definition) is 4. The molecular formula is C24H34N2O4S. The molecule has 3 aliphatic rings. The predicted octanol–water partition coefficient (Wildman–Crippen LogP) is 4.76. The summed E-state index contributed by atoms with van der Waals surface area (Å²) in [5.74, 6) is -1.81. The summed E-state index contributed by atoms with van der Waals surface area (Å²) in [5.41, 5.74) is 1.72. The lowest BCUT2D eigenvalue weighted by Gasteiger charge is -2.27. The molecule has 3 N–H and O–H groups in total. The minimum absolute atomic E-state index is 0.0762. The van der Waals surface area contributed by atoms with Gasteiger partial charge in [-0.25, -0.2) is 0 Å². The summed E-state index contributed by atoms with van der Waals surface area (Å²) in [6, 6.07) is 0.206. The number of carboxylic acids is 1. The first-order valence-corrected chi connectivity index (χ1v) is 12.7. The molecule has 1 aromatic heterocycles. The third-order valence-electron chi connectivity index (χ3n) is 7.34. The third kappa shape index (κ3) is 4.97. The van der Waals surface area contributed by atoms with Crippen LogP contribution in [0.4, 0.5) is 5.00 Å². The molecule has 2 amide bonds. The number of carbonyl (C=O) groups excluding carboxylic acids is 2. The summed E-state index contributed by atoms with van der Waals surface area (Å²) in [6.45, 7) is 2.22. The zero-order valence-corrected chi connectivity index (χ0v) is 19.2. The van der Waals surface area contributed by atoms with Gasteiger partial charge < -0.3 is 15.7 Å². The van der Waals surface area contributed by atoms with Gasteiger partial charge in [-0.1, -0.05) is 39.0 Å². The van der Waals surface area contributed by atoms with Gasteiger partial charge in [-0.3, -0.25) is 14.4 Å². The molecular weight excluding hydrogens is 412 g/mol. The molecule has 31 heavy (non-hydrogen) atoms. The van der Waals surface area contributed by atoms with E-state index >= 15 is 0 Å². The molecule has 4 rings (SSSR count). The highest BCUT2D eigenvalue weighted by Crippen LogP contribution is 2.41. The van der Waals surface area contributed by atoms with Crippen molar-refractivity contribution < 1.29 is 19.5 Å². The second-order valence-electron chi connectivity index (χ2n) is 9.69. The van der Waals surface area contributed by atoms with Gasteiger partial charge in [-0.05, 0) is 56.4 Å². The van der Waals surface area contributed by atoms with Gasteiger partial charge in [0.1, 0.15) is 5.00 Å². The highest BCUT2D eigenvalue weighted by molar-refractivity contribution is 7.17. The van der Waals surface area contributed by atoms with Gasteiger partial charge in [0.15, 0.2) is 0 Å². The molecule has 0 saturated heterocycles. The minimum Gasteiger partial charge on any atom is -0.481 e. The van der Waals surface area contributed by atoms with Crippen LogP contribution in [0.1, 0.15) is 91.9 Å². The molecule has 0 unspecified atom stereocenters. The van der Waals surface area contributed by atoms with E-state index in [4.69, 9.17) is 0 Å². The van der Waals surface area contributed by atoms with Crippen molar-refractivity contribution in [3.8, 4) is 0 Å². The van der Waals surface area contributed by atoms with E-state index in [2.05, 4.69) is 17.6 Å². The van der Waals surface area contributed by atoms with E-state index < -0.39 is 17.8 Å². The number of nitrogens with one attached hydrogen (secondary N) is 2. The maximum Gasteiger partial charge on any atom is 0.307 e. The third-order valence-corrected chi connectivity index (χ3v) is 8.51. The van der Waals surface area contributed by atoms with Crippen molar-refractivity contribution in [2.24, 2.45) is 17.8 Å². The Kier molecular flexibility index (Phi) is 6.99. The van der Waals surface area contributed by atoms with Gasteiger partial charge in [0, 0.05) is 10.9 Å². The molecule has 3 aliphatic carbocycles. The summed E-state index contributed by atoms with van der Waals surface area (Å²) < 4.78 is 0. The fourth-order valence-electron chi connectivity index (χ4n) is 5.53. The summed E-state index contributed by atoms with van der Waals surface area (Å²) in [5, 5.41) is 16.4. The molecule has 0 spiro atoms. The van der Waals surface area contributed by atoms with Crippen LogP contribution in [-0.4, -0.2) is 28.9 Å². The average Bonchev–Trinajstić information content (AvgIpc) is 3.11. The first kappa shape index (κ1) is 22.3. The van der Waals surface area contributed by atoms with Crippen LogP contribution < -0.4 is 10.6 Å². The number of thiophene rings is 1. The van der Waals surface area contributed by atoms with Crippen LogP contribution in [0.25, 0.3) is 0 Å². The summed E-state index contributed by atoms with van der Waals surface area (Å²) in [4.78, 5) is 39.3. The van der Waals surface area contributed by atoms with Crippen LogP contribution in [0.3, 0.4) is 0 Å². The lowest BCUT2D eigenvalue weighted by atomic mass is 9.78. The Hall–Kier alpha value is -1.89. The second kappa shape index (κ2) is 9.72. The van der Waals surface area contributed by atoms with Crippen LogP contribution in [0.2, 0.25) is 0 Å². The fraction of sp³-hybridized carbons (Fsp3) is 0.708. The quantitative estimate of drug-likeness (QED) is 0.607. The number of hydrogen-bond donors (Lipinski definition) is 3. The number of carboxylic acid groups (broad SMARTS) is 1. The Morgan fingerprint density at radius 2 is 1.61 bits per heavy atom. The zero-order valence-electron chi connectivity index (χ0n) is 18.4. The zero-order chi connectivity index (χ0) is 22.0. The van der Waals surface area contributed by atoms with Crippen LogP contribution >= 0.6 is 11.3 Å². The van der Waals surface area contributed by atoms with E-state index in [1.54, 1.807) is 0 Å². The SMILES string of the molecule is C[C@H]1CCc2c(sc(NC(=O)[C@@H]3CCCC[C@@H]3C(=O)O)c2C(=O)NC2CCCCC2)C1. The molecule has 0 aliphatic heterocycles. The molecule has 6 nitrogen and oxygen atoms in total. The number of carbonyl (C=O) groups is 3. The van der Waals surface area contributed by atoms with Crippen LogP contribution in [0.15, 0.2) is 0 Å². The van der Waals surface area contributed by atoms with E-state index in [1.807, 2.05) is 0 Å². The van der Waals surface area contributed by atoms with Gasteiger partial charge in [-0.15, -0.1) is 11.3 Å². The minimum atomic E-state index is -0.894. The van der Waals surface area contributed by atoms with Crippen molar-refractivity contribution in [3.63, 3.8) is 0 Å². The topological polar surface area (TPSA) is 95.5 Å². The van der Waals surface area contributed by atoms with Crippen LogP contribution in [0.5, 0.6) is 0 Å². The molecule has 1 heterocycles. The summed E-state index contributed by atoms with van der Waals surface area (Å²) in [6.07, 6.45) is 11.2. The number of amides is 2. The van der Waals surface area contributed by atoms with Crippen LogP contribution in [0, 0.1) is 17.8 Å². The Bertz CT molecular complexity index is 843. The van der Waals surface area contributed by atoms with Crippen molar-refractivity contribution in [2.75, 3.05) is 5.32 Å². The smallest absolute Gasteiger partial charge is 0.307 e. The van der Waals surface area contributed by atoms with Crippen molar-refractivity contribution in [1.82, 2.24) is 5.32 Å². The van der Waals surface area contributed by atoms with Gasteiger partial charge in [0.05, 0.1) is 17.4 Å². The molecule has 0 radical (unpaired) electrons. The Morgan fingerprint density at radius 1 is 0.935 bits per heavy atom. The normalized spacial score (nSPS) is 26.7. The molecule has 0 aromatic carbocycles. The van der Waals surface area contributed by atoms with Gasteiger partial charge in [-0.2, -0.15) is 0 Å². The monoisotopic (exact) mass is 446 g/mol. The lowest BCUT2D eigenvalue weighted by Crippen LogP contribution is -2.38. The summed E-state index contributed by atoms with van der Waals surface area (Å²) in [7, 11) is 0. The number of rotatable bonds is 5. The Balaban J connectivity index is 1.58. The Morgan fingerprint density at radius 3 is 2.32 bits per heavy atom. The Labute approximate surface area is 188 Å². The molecule has 7 heteroatoms. The first-order chi connectivity index (χ1) is 14.9. The molecule has 2 fully saturated rings. The van der Waals surface area contributed by atoms with E-state index in [0.29, 0.717) is 29.3 Å². The number of aliphatic carboxylic acids is 1. The lowest BCUT2D eigenvalue weighted by molar-refractivity contribution is -0.147. The molecule has 170 valence electrons. The highest BCUT2D eigenvalue weighted by Gasteiger charge is 2.37. The number of fused-ring (bicyclic) bond motifs is 1. The van der Waals surface area contributed by atoms with E-state index in [-0.39, 0.29) is 17.9 Å². The van der Waals surface area contributed by atoms with Crippen molar-refractivity contribution in [1.29, 1.82) is 0 Å². The maximum atomic E-state index is 13.3. The van der Waals surface area contributed by atoms with Gasteiger partial charge in [0.2, 0.25) is 5.91 Å². The van der Waals surface area contributed by atoms with Crippen molar-refractivity contribution >= 4 is 34.1 Å². The molecule has 1 aromatic rings. The predicted molar refractivity (Wildman–Crippen MR) is 122 cm³/mol. The first-order valence-electron chi connectivity index (χ1n) is 11.9. The maximum absolute atomic E-state index is 13.3. The van der Waals surface area contributed by atoms with Crippen molar-refractivity contribution in [3.05, 3.63) is 16.0 Å². The highest BCUT2D eigenvalue weighted by atomic mass is 32.1. The van der Waals surface area contributed by atoms with Crippen LogP contribution in [-0.2, 0) is 22.4 Å². The summed E-state index contributed by atoms with van der Waals surface area (Å²) >= 11 is 1.52. The average molecular weight is 447 g/mol. The molecule has 0 bridgehead atoms. The van der Waals surface area contributed by atoms with E-state index in [1.165, 1.54) is 22.6 Å². The second-order valence-corrected chi connectivity index (χ2v) is 10.8. The number of anilines is 1. The van der Waals surface area contributed by atoms with E-state index in [0.717, 1.165) is 63.4 Å².